The van der Waals surface area contributed by atoms with Crippen LogP contribution in [0.4, 0.5) is 5.69 Å². The lowest BCUT2D eigenvalue weighted by molar-refractivity contribution is 0.415. The van der Waals surface area contributed by atoms with E-state index in [-0.39, 0.29) is 17.5 Å². The predicted molar refractivity (Wildman–Crippen MR) is 79.7 cm³/mol. The van der Waals surface area contributed by atoms with Crippen molar-refractivity contribution in [2.24, 2.45) is 5.73 Å². The number of nitrogens with two attached hydrogens (primary N) is 1. The Morgan fingerprint density at radius 1 is 1.68 bits per heavy atom. The number of pyridine rings is 1. The fourth-order valence-corrected chi connectivity index (χ4v) is 1.74. The third kappa shape index (κ3) is 3.35. The van der Waals surface area contributed by atoms with Gasteiger partial charge >= 0.3 is 0 Å². The van der Waals surface area contributed by atoms with E-state index in [9.17, 15) is 0 Å². The van der Waals surface area contributed by atoms with Crippen molar-refractivity contribution in [2.75, 3.05) is 18.9 Å². The van der Waals surface area contributed by atoms with Gasteiger partial charge in [-0.1, -0.05) is 6.07 Å². The number of benzene rings is 1. The van der Waals surface area contributed by atoms with Crippen LogP contribution in [0, 0.1) is 0 Å². The molecule has 0 saturated heterocycles. The highest BCUT2D eigenvalue weighted by molar-refractivity contribution is 5.91. The summed E-state index contributed by atoms with van der Waals surface area (Å²) >= 11 is 0. The highest BCUT2D eigenvalue weighted by Gasteiger charge is 2.08. The molecule has 1 aromatic heterocycles. The maximum atomic E-state index is 8.16. The van der Waals surface area contributed by atoms with E-state index in [0.29, 0.717) is 10.9 Å². The minimum atomic E-state index is -2.76. The minimum absolute atomic E-state index is 0.160. The number of nitrogens with zero attached hydrogens (tertiary/aromatic N) is 1. The summed E-state index contributed by atoms with van der Waals surface area (Å²) < 4.78 is 66.7. The van der Waals surface area contributed by atoms with E-state index in [1.165, 1.54) is 19.2 Å². The molecule has 1 unspecified atom stereocenters. The SMILES string of the molecule is [2H]c1c(OC([2H])([2H])[2H])cc(NC(C)C([2H])([2H])C([2H])([2H])CN)c2ncccc12. The Kier molecular flexibility index (Phi) is 2.21. The summed E-state index contributed by atoms with van der Waals surface area (Å²) in [5, 5.41) is 3.15. The smallest absolute Gasteiger partial charge is 0.121 e. The molecule has 0 bridgehead atoms. The standard InChI is InChI=1S/C15H21N3O/c1-11(5-3-7-16)18-14-10-13(19-2)9-12-6-4-8-17-15(12)14/h4,6,8-11,18H,3,5,7,16H2,1-2H3/i2D3,3D2,5D2,9D. The van der Waals surface area contributed by atoms with Crippen LogP contribution in [0.5, 0.6) is 5.75 Å². The number of aromatic nitrogens is 1. The Morgan fingerprint density at radius 3 is 3.37 bits per heavy atom. The zero-order chi connectivity index (χ0) is 20.6. The highest BCUT2D eigenvalue weighted by Crippen LogP contribution is 2.28. The van der Waals surface area contributed by atoms with Crippen LogP contribution in [0.1, 0.15) is 30.6 Å². The molecule has 0 amide bonds. The Labute approximate surface area is 125 Å². The molecule has 102 valence electrons. The number of ether oxygens (including phenoxy) is 1. The van der Waals surface area contributed by atoms with Crippen LogP contribution in [0.25, 0.3) is 10.9 Å². The van der Waals surface area contributed by atoms with Gasteiger partial charge in [0.25, 0.3) is 0 Å². The van der Waals surface area contributed by atoms with Crippen LogP contribution in [0.2, 0.25) is 0 Å². The maximum absolute atomic E-state index is 8.16. The predicted octanol–water partition coefficient (Wildman–Crippen LogP) is 2.78. The molecule has 3 N–H and O–H groups in total. The van der Waals surface area contributed by atoms with E-state index in [2.05, 4.69) is 10.3 Å². The van der Waals surface area contributed by atoms with Gasteiger partial charge in [-0.2, -0.15) is 0 Å². The normalized spacial score (nSPS) is 20.7. The van der Waals surface area contributed by atoms with Crippen molar-refractivity contribution < 1.29 is 15.7 Å². The Bertz CT molecular complexity index is 825. The first-order chi connectivity index (χ1) is 12.3. The zero-order valence-electron chi connectivity index (χ0n) is 18.5. The van der Waals surface area contributed by atoms with Gasteiger partial charge in [-0.3, -0.25) is 4.98 Å². The van der Waals surface area contributed by atoms with E-state index in [4.69, 9.17) is 21.4 Å². The van der Waals surface area contributed by atoms with Crippen LogP contribution in [-0.4, -0.2) is 24.6 Å². The molecule has 2 rings (SSSR count). The quantitative estimate of drug-likeness (QED) is 0.845. The lowest BCUT2D eigenvalue weighted by Gasteiger charge is -2.17. The van der Waals surface area contributed by atoms with Crippen molar-refractivity contribution >= 4 is 16.6 Å². The highest BCUT2D eigenvalue weighted by atomic mass is 16.5. The summed E-state index contributed by atoms with van der Waals surface area (Å²) in [7, 11) is -2.76. The number of hydrogen-bond acceptors (Lipinski definition) is 4. The molecule has 0 radical (unpaired) electrons. The Hall–Kier alpha value is -1.81. The average Bonchev–Trinajstić information content (AvgIpc) is 2.57. The molecule has 0 aliphatic heterocycles. The van der Waals surface area contributed by atoms with Crippen LogP contribution in [0.3, 0.4) is 0 Å². The fourth-order valence-electron chi connectivity index (χ4n) is 1.74. The summed E-state index contributed by atoms with van der Waals surface area (Å²) in [5.74, 6) is -0.215. The summed E-state index contributed by atoms with van der Waals surface area (Å²) in [4.78, 5) is 4.18. The zero-order valence-corrected chi connectivity index (χ0v) is 10.5. The van der Waals surface area contributed by atoms with Gasteiger partial charge in [-0.15, -0.1) is 0 Å². The van der Waals surface area contributed by atoms with Crippen LogP contribution < -0.4 is 15.8 Å². The molecule has 0 fully saturated rings. The number of methoxy groups -OCH3 is 1. The second-order valence-electron chi connectivity index (χ2n) is 3.94. The molecule has 1 aromatic carbocycles. The molecule has 19 heavy (non-hydrogen) atoms. The fraction of sp³-hybridized carbons (Fsp3) is 0.400. The molecule has 4 heteroatoms. The number of hydrogen-bond donors (Lipinski definition) is 2. The monoisotopic (exact) mass is 267 g/mol. The molecule has 1 heterocycles. The molecule has 0 saturated carbocycles. The van der Waals surface area contributed by atoms with Gasteiger partial charge in [-0.05, 0) is 38.3 Å². The average molecular weight is 267 g/mol. The van der Waals surface area contributed by atoms with Crippen molar-refractivity contribution in [1.82, 2.24) is 4.98 Å². The van der Waals surface area contributed by atoms with E-state index in [0.717, 1.165) is 0 Å². The second kappa shape index (κ2) is 6.38. The van der Waals surface area contributed by atoms with Crippen LogP contribution in [-0.2, 0) is 0 Å². The van der Waals surface area contributed by atoms with Crippen LogP contribution >= 0.6 is 0 Å². The van der Waals surface area contributed by atoms with E-state index < -0.39 is 32.4 Å². The number of rotatable bonds is 6. The topological polar surface area (TPSA) is 60.2 Å². The number of nitrogens with one attached hydrogen (secondary N) is 1. The lowest BCUT2D eigenvalue weighted by Crippen LogP contribution is -2.17. The number of anilines is 1. The Morgan fingerprint density at radius 2 is 2.58 bits per heavy atom. The van der Waals surface area contributed by atoms with E-state index >= 15 is 0 Å². The second-order valence-corrected chi connectivity index (χ2v) is 3.94. The molecule has 1 atom stereocenters. The van der Waals surface area contributed by atoms with E-state index in [1.807, 2.05) is 0 Å². The van der Waals surface area contributed by atoms with Crippen molar-refractivity contribution in [2.45, 2.75) is 25.7 Å². The molecular weight excluding hydrogens is 238 g/mol. The van der Waals surface area contributed by atoms with Crippen LogP contribution in [0.15, 0.2) is 30.4 Å². The molecule has 0 aliphatic rings. The summed E-state index contributed by atoms with van der Waals surface area (Å²) in [6.45, 7) is 0.936. The maximum Gasteiger partial charge on any atom is 0.121 e. The van der Waals surface area contributed by atoms with Crippen molar-refractivity contribution in [3.05, 3.63) is 30.4 Å². The molecule has 2 aromatic rings. The summed E-state index contributed by atoms with van der Waals surface area (Å²) in [6, 6.07) is 3.21. The van der Waals surface area contributed by atoms with Gasteiger partial charge < -0.3 is 15.8 Å². The van der Waals surface area contributed by atoms with Gasteiger partial charge in [0.05, 0.1) is 23.7 Å². The van der Waals surface area contributed by atoms with Gasteiger partial charge in [0, 0.05) is 29.2 Å². The molecular formula is C15H21N3O. The van der Waals surface area contributed by atoms with Gasteiger partial charge in [0.15, 0.2) is 0 Å². The van der Waals surface area contributed by atoms with Gasteiger partial charge in [-0.25, -0.2) is 0 Å². The van der Waals surface area contributed by atoms with Gasteiger partial charge in [0.1, 0.15) is 5.75 Å². The molecule has 0 aliphatic carbocycles. The van der Waals surface area contributed by atoms with Crippen molar-refractivity contribution in [1.29, 1.82) is 0 Å². The summed E-state index contributed by atoms with van der Waals surface area (Å²) in [6.07, 6.45) is -3.15. The van der Waals surface area contributed by atoms with Crippen molar-refractivity contribution in [3.63, 3.8) is 0 Å². The lowest BCUT2D eigenvalue weighted by atomic mass is 10.1. The third-order valence-corrected chi connectivity index (χ3v) is 2.50. The first-order valence-electron chi connectivity index (χ1n) is 9.84. The van der Waals surface area contributed by atoms with Gasteiger partial charge in [0.2, 0.25) is 0 Å². The molecule has 0 spiro atoms. The third-order valence-electron chi connectivity index (χ3n) is 2.50. The largest absolute Gasteiger partial charge is 0.497 e. The molecule has 4 nitrogen and oxygen atoms in total. The Balaban J connectivity index is 2.53. The first-order valence-corrected chi connectivity index (χ1v) is 5.84. The van der Waals surface area contributed by atoms with Crippen molar-refractivity contribution in [3.8, 4) is 5.75 Å². The first kappa shape index (κ1) is 6.57. The van der Waals surface area contributed by atoms with E-state index in [1.54, 1.807) is 12.1 Å². The number of fused-ring (bicyclic) bond motifs is 1. The minimum Gasteiger partial charge on any atom is -0.497 e. The summed E-state index contributed by atoms with van der Waals surface area (Å²) in [5.41, 5.74) is 5.91.